The minimum Gasteiger partial charge on any atom is -0.481 e. The van der Waals surface area contributed by atoms with Crippen LogP contribution in [0.1, 0.15) is 194 Å². The van der Waals surface area contributed by atoms with Crippen LogP contribution in [-0.4, -0.2) is 22.2 Å². The molecule has 41 heavy (non-hydrogen) atoms. The Bertz CT molecular complexity index is 524. The van der Waals surface area contributed by atoms with Gasteiger partial charge in [0, 0.05) is 29.9 Å². The van der Waals surface area contributed by atoms with Crippen LogP contribution in [0.15, 0.2) is 24.3 Å². The van der Waals surface area contributed by atoms with Crippen LogP contribution in [-0.2, 0) is 26.7 Å². The molecule has 0 aliphatic carbocycles. The van der Waals surface area contributed by atoms with Crippen LogP contribution in [0.2, 0.25) is 0 Å². The van der Waals surface area contributed by atoms with Gasteiger partial charge in [0.15, 0.2) is 0 Å². The molecule has 247 valence electrons. The van der Waals surface area contributed by atoms with Crippen molar-refractivity contribution in [3.05, 3.63) is 24.3 Å². The Morgan fingerprint density at radius 2 is 0.610 bits per heavy atom. The minimum atomic E-state index is -0.661. The zero-order chi connectivity index (χ0) is 29.8. The Morgan fingerprint density at radius 1 is 0.390 bits per heavy atom. The van der Waals surface area contributed by atoms with E-state index in [0.29, 0.717) is 12.8 Å². The average molecular weight is 628 g/mol. The maximum absolute atomic E-state index is 10.3. The van der Waals surface area contributed by atoms with E-state index in [1.54, 1.807) is 0 Å². The summed E-state index contributed by atoms with van der Waals surface area (Å²) in [6.45, 7) is 4.50. The number of hydrogen-bond donors (Lipinski definition) is 2. The largest absolute Gasteiger partial charge is 0.481 e. The van der Waals surface area contributed by atoms with Gasteiger partial charge in [0.2, 0.25) is 0 Å². The fourth-order valence-electron chi connectivity index (χ4n) is 4.69. The summed E-state index contributed by atoms with van der Waals surface area (Å²) in [7, 11) is 0. The second-order valence-corrected chi connectivity index (χ2v) is 11.5. The van der Waals surface area contributed by atoms with Crippen molar-refractivity contribution in [2.75, 3.05) is 0 Å². The smallest absolute Gasteiger partial charge is 0.303 e. The second kappa shape index (κ2) is 41.1. The summed E-state index contributed by atoms with van der Waals surface area (Å²) in [4.78, 5) is 20.7. The molecule has 0 aromatic carbocycles. The van der Waals surface area contributed by atoms with E-state index >= 15 is 0 Å². The summed E-state index contributed by atoms with van der Waals surface area (Å²) in [5, 5.41) is 17.0. The molecular weight excluding hydrogens is 560 g/mol. The van der Waals surface area contributed by atoms with E-state index in [2.05, 4.69) is 38.2 Å². The predicted octanol–water partition coefficient (Wildman–Crippen LogP) is 12.2. The Morgan fingerprint density at radius 3 is 0.854 bits per heavy atom. The van der Waals surface area contributed by atoms with Gasteiger partial charge in [0.25, 0.3) is 0 Å². The Balaban J connectivity index is -0.000000688. The van der Waals surface area contributed by atoms with Crippen molar-refractivity contribution in [1.29, 1.82) is 0 Å². The molecule has 0 amide bonds. The molecule has 0 unspecified atom stereocenters. The van der Waals surface area contributed by atoms with Gasteiger partial charge in [0.1, 0.15) is 0 Å². The van der Waals surface area contributed by atoms with Gasteiger partial charge in [-0.05, 0) is 64.2 Å². The topological polar surface area (TPSA) is 74.6 Å². The molecule has 5 heteroatoms. The van der Waals surface area contributed by atoms with E-state index in [1.165, 1.54) is 141 Å². The maximum Gasteiger partial charge on any atom is 0.303 e. The van der Waals surface area contributed by atoms with Crippen molar-refractivity contribution in [2.24, 2.45) is 0 Å². The van der Waals surface area contributed by atoms with Gasteiger partial charge in [-0.3, -0.25) is 9.59 Å². The van der Waals surface area contributed by atoms with E-state index in [9.17, 15) is 9.59 Å². The standard InChI is InChI=1S/2C18H34O2.Cu/c2*1-2-3-4-5-6-7-8-9-10-11-12-13-14-15-16-17-18(19)20;/h2*7-8H,2-6,9-17H2,1H3,(H,19,20);/b2*8-7-;. The molecule has 0 saturated carbocycles. The summed E-state index contributed by atoms with van der Waals surface area (Å²) >= 11 is 0. The van der Waals surface area contributed by atoms with Crippen LogP contribution in [0.4, 0.5) is 0 Å². The van der Waals surface area contributed by atoms with Crippen molar-refractivity contribution in [1.82, 2.24) is 0 Å². The molecule has 0 aromatic heterocycles. The fraction of sp³-hybridized carbons (Fsp3) is 0.833. The van der Waals surface area contributed by atoms with E-state index in [0.717, 1.165) is 25.7 Å². The first-order valence-corrected chi connectivity index (χ1v) is 17.3. The molecule has 0 atom stereocenters. The molecule has 0 bridgehead atoms. The number of carbonyl (C=O) groups is 2. The molecule has 0 aliphatic heterocycles. The summed E-state index contributed by atoms with van der Waals surface area (Å²) in [5.74, 6) is -1.32. The van der Waals surface area contributed by atoms with Crippen LogP contribution >= 0.6 is 0 Å². The summed E-state index contributed by atoms with van der Waals surface area (Å²) in [6.07, 6.45) is 42.5. The van der Waals surface area contributed by atoms with Crippen molar-refractivity contribution in [2.45, 2.75) is 194 Å². The first kappa shape index (κ1) is 44.4. The van der Waals surface area contributed by atoms with E-state index < -0.39 is 11.9 Å². The second-order valence-electron chi connectivity index (χ2n) is 11.5. The van der Waals surface area contributed by atoms with Crippen molar-refractivity contribution < 1.29 is 36.9 Å². The van der Waals surface area contributed by atoms with Crippen LogP contribution in [0.25, 0.3) is 0 Å². The zero-order valence-electron chi connectivity index (χ0n) is 27.1. The van der Waals surface area contributed by atoms with E-state index in [4.69, 9.17) is 10.2 Å². The van der Waals surface area contributed by atoms with Crippen molar-refractivity contribution in [3.63, 3.8) is 0 Å². The molecular formula is C36H68CuO4. The van der Waals surface area contributed by atoms with Gasteiger partial charge in [0.05, 0.1) is 0 Å². The van der Waals surface area contributed by atoms with Crippen molar-refractivity contribution in [3.8, 4) is 0 Å². The minimum absolute atomic E-state index is 0. The molecule has 0 aromatic rings. The average Bonchev–Trinajstić information content (AvgIpc) is 2.93. The number of carboxylic acids is 2. The monoisotopic (exact) mass is 627 g/mol. The van der Waals surface area contributed by atoms with Gasteiger partial charge in [-0.15, -0.1) is 0 Å². The summed E-state index contributed by atoms with van der Waals surface area (Å²) in [6, 6.07) is 0. The molecule has 4 nitrogen and oxygen atoms in total. The molecule has 0 saturated heterocycles. The zero-order valence-corrected chi connectivity index (χ0v) is 28.1. The molecule has 0 aliphatic rings. The predicted molar refractivity (Wildman–Crippen MR) is 174 cm³/mol. The number of carboxylic acid groups (broad SMARTS) is 2. The van der Waals surface area contributed by atoms with Crippen LogP contribution < -0.4 is 0 Å². The normalized spacial score (nSPS) is 11.0. The van der Waals surface area contributed by atoms with Gasteiger partial charge in [-0.2, -0.15) is 0 Å². The Labute approximate surface area is 266 Å². The maximum atomic E-state index is 10.3. The molecule has 2 N–H and O–H groups in total. The fourth-order valence-corrected chi connectivity index (χ4v) is 4.69. The number of hydrogen-bond acceptors (Lipinski definition) is 2. The van der Waals surface area contributed by atoms with Crippen LogP contribution in [0, 0.1) is 0 Å². The molecule has 1 radical (unpaired) electrons. The number of allylic oxidation sites excluding steroid dienone is 4. The Kier molecular flexibility index (Phi) is 44.5. The molecule has 0 spiro atoms. The summed E-state index contributed by atoms with van der Waals surface area (Å²) in [5.41, 5.74) is 0. The number of rotatable bonds is 30. The van der Waals surface area contributed by atoms with Gasteiger partial charge in [-0.25, -0.2) is 0 Å². The molecule has 0 rings (SSSR count). The van der Waals surface area contributed by atoms with Gasteiger partial charge < -0.3 is 10.2 Å². The molecule has 0 heterocycles. The third kappa shape index (κ3) is 49.0. The van der Waals surface area contributed by atoms with Gasteiger partial charge in [-0.1, -0.05) is 141 Å². The first-order valence-electron chi connectivity index (χ1n) is 17.3. The van der Waals surface area contributed by atoms with Crippen LogP contribution in [0.5, 0.6) is 0 Å². The van der Waals surface area contributed by atoms with E-state index in [1.807, 2.05) is 0 Å². The third-order valence-electron chi connectivity index (χ3n) is 7.30. The van der Waals surface area contributed by atoms with E-state index in [-0.39, 0.29) is 17.1 Å². The molecule has 0 fully saturated rings. The summed E-state index contributed by atoms with van der Waals surface area (Å²) < 4.78 is 0. The Hall–Kier alpha value is -1.06. The number of unbranched alkanes of at least 4 members (excludes halogenated alkanes) is 22. The number of aliphatic carboxylic acids is 2. The first-order chi connectivity index (χ1) is 19.5. The van der Waals surface area contributed by atoms with Gasteiger partial charge >= 0.3 is 11.9 Å². The quantitative estimate of drug-likeness (QED) is 0.0472. The SMILES string of the molecule is CCCCCC/C=C\CCCCCCCCCC(=O)O.CCCCCC/C=C\CCCCCCCCCC(=O)O.[Cu]. The third-order valence-corrected chi connectivity index (χ3v) is 7.30. The van der Waals surface area contributed by atoms with Crippen LogP contribution in [0.3, 0.4) is 0 Å². The van der Waals surface area contributed by atoms with Crippen molar-refractivity contribution >= 4 is 11.9 Å².